The highest BCUT2D eigenvalue weighted by molar-refractivity contribution is 9.10. The first-order valence-electron chi connectivity index (χ1n) is 9.41. The average molecular weight is 447 g/mol. The van der Waals surface area contributed by atoms with E-state index in [-0.39, 0.29) is 12.3 Å². The third kappa shape index (κ3) is 7.25. The minimum Gasteiger partial charge on any atom is -0.434 e. The van der Waals surface area contributed by atoms with Crippen LogP contribution in [0.4, 0.5) is 8.78 Å². The maximum atomic E-state index is 12.6. The van der Waals surface area contributed by atoms with Crippen LogP contribution in [0.5, 0.6) is 5.75 Å². The molecule has 0 unspecified atom stereocenters. The van der Waals surface area contributed by atoms with Crippen LogP contribution < -0.4 is 15.4 Å². The van der Waals surface area contributed by atoms with Gasteiger partial charge in [0.15, 0.2) is 5.96 Å². The Hall–Kier alpha value is -1.41. The van der Waals surface area contributed by atoms with Crippen molar-refractivity contribution in [3.63, 3.8) is 0 Å². The number of hydrogen-bond donors (Lipinski definition) is 2. The van der Waals surface area contributed by atoms with Gasteiger partial charge in [-0.3, -0.25) is 0 Å². The van der Waals surface area contributed by atoms with Gasteiger partial charge >= 0.3 is 6.61 Å². The van der Waals surface area contributed by atoms with Crippen molar-refractivity contribution in [2.45, 2.75) is 58.9 Å². The maximum Gasteiger partial charge on any atom is 0.387 e. The molecule has 5 nitrogen and oxygen atoms in total. The van der Waals surface area contributed by atoms with E-state index in [0.717, 1.165) is 36.9 Å². The van der Waals surface area contributed by atoms with Gasteiger partial charge in [0, 0.05) is 41.8 Å². The Morgan fingerprint density at radius 3 is 2.63 bits per heavy atom. The zero-order chi connectivity index (χ0) is 19.8. The first kappa shape index (κ1) is 21.9. The zero-order valence-corrected chi connectivity index (χ0v) is 17.7. The number of nitrogens with one attached hydrogen (secondary N) is 2. The van der Waals surface area contributed by atoms with Crippen LogP contribution in [0.1, 0.15) is 39.2 Å². The summed E-state index contributed by atoms with van der Waals surface area (Å²) in [5.74, 6) is 0.849. The molecule has 0 radical (unpaired) electrons. The highest BCUT2D eigenvalue weighted by Crippen LogP contribution is 2.25. The average Bonchev–Trinajstić information content (AvgIpc) is 2.62. The molecule has 2 N–H and O–H groups in total. The summed E-state index contributed by atoms with van der Waals surface area (Å²) in [4.78, 5) is 7.05. The van der Waals surface area contributed by atoms with Crippen molar-refractivity contribution >= 4 is 21.9 Å². The maximum absolute atomic E-state index is 12.6. The molecule has 27 heavy (non-hydrogen) atoms. The second-order valence-corrected chi connectivity index (χ2v) is 7.79. The van der Waals surface area contributed by atoms with Gasteiger partial charge in [0.1, 0.15) is 5.75 Å². The van der Waals surface area contributed by atoms with E-state index >= 15 is 0 Å². The summed E-state index contributed by atoms with van der Waals surface area (Å²) < 4.78 is 30.6. The van der Waals surface area contributed by atoms with Crippen molar-refractivity contribution < 1.29 is 13.5 Å². The molecule has 0 amide bonds. The predicted octanol–water partition coefficient (Wildman–Crippen LogP) is 3.98. The van der Waals surface area contributed by atoms with Crippen LogP contribution >= 0.6 is 15.9 Å². The number of likely N-dealkylation sites (tertiary alicyclic amines) is 1. The second-order valence-electron chi connectivity index (χ2n) is 6.87. The predicted molar refractivity (Wildman–Crippen MR) is 108 cm³/mol. The molecular weight excluding hydrogens is 418 g/mol. The molecule has 0 aromatic heterocycles. The fourth-order valence-corrected chi connectivity index (χ4v) is 3.53. The fraction of sp³-hybridized carbons (Fsp3) is 0.632. The van der Waals surface area contributed by atoms with Crippen molar-refractivity contribution in [1.29, 1.82) is 0 Å². The minimum atomic E-state index is -2.86. The zero-order valence-electron chi connectivity index (χ0n) is 16.1. The van der Waals surface area contributed by atoms with Crippen LogP contribution in [0.3, 0.4) is 0 Å². The number of hydrogen-bond acceptors (Lipinski definition) is 3. The number of aliphatic imine (C=N–C) groups is 1. The van der Waals surface area contributed by atoms with Gasteiger partial charge in [-0.1, -0.05) is 15.9 Å². The summed E-state index contributed by atoms with van der Waals surface area (Å²) in [6.45, 7) is 6.69. The van der Waals surface area contributed by atoms with Crippen LogP contribution in [-0.2, 0) is 6.54 Å². The van der Waals surface area contributed by atoms with E-state index in [9.17, 15) is 8.78 Å². The Morgan fingerprint density at radius 2 is 2.04 bits per heavy atom. The smallest absolute Gasteiger partial charge is 0.387 e. The van der Waals surface area contributed by atoms with Gasteiger partial charge in [0.05, 0.1) is 6.54 Å². The summed E-state index contributed by atoms with van der Waals surface area (Å²) in [5, 5.41) is 6.71. The van der Waals surface area contributed by atoms with Crippen LogP contribution in [0, 0.1) is 0 Å². The summed E-state index contributed by atoms with van der Waals surface area (Å²) in [5.41, 5.74) is 0.608. The largest absolute Gasteiger partial charge is 0.434 e. The number of guanidine groups is 1. The standard InChI is InChI=1S/C19H29BrF2N4O/c1-4-23-19(25-16-7-9-26(10-8-16)13(2)3)24-12-14-11-15(20)5-6-17(14)27-18(21)22/h5-6,11,13,16,18H,4,7-10,12H2,1-3H3,(H2,23,24,25). The summed E-state index contributed by atoms with van der Waals surface area (Å²) in [7, 11) is 0. The Morgan fingerprint density at radius 1 is 1.33 bits per heavy atom. The van der Waals surface area contributed by atoms with Crippen molar-refractivity contribution in [1.82, 2.24) is 15.5 Å². The van der Waals surface area contributed by atoms with Crippen molar-refractivity contribution in [2.24, 2.45) is 4.99 Å². The summed E-state index contributed by atoms with van der Waals surface area (Å²) in [6, 6.07) is 5.89. The number of piperidine rings is 1. The molecule has 0 spiro atoms. The lowest BCUT2D eigenvalue weighted by atomic mass is 10.0. The molecule has 1 fully saturated rings. The van der Waals surface area contributed by atoms with Gasteiger partial charge in [0.2, 0.25) is 0 Å². The number of alkyl halides is 2. The number of benzene rings is 1. The third-order valence-electron chi connectivity index (χ3n) is 4.59. The lowest BCUT2D eigenvalue weighted by molar-refractivity contribution is -0.0504. The molecule has 0 aliphatic carbocycles. The molecule has 2 rings (SSSR count). The number of ether oxygens (including phenoxy) is 1. The number of rotatable bonds is 7. The number of nitrogens with zero attached hydrogens (tertiary/aromatic N) is 2. The van der Waals surface area contributed by atoms with E-state index in [2.05, 4.69) is 55.0 Å². The highest BCUT2D eigenvalue weighted by atomic mass is 79.9. The van der Waals surface area contributed by atoms with Crippen LogP contribution in [0.2, 0.25) is 0 Å². The molecule has 8 heteroatoms. The molecule has 1 heterocycles. The van der Waals surface area contributed by atoms with Gasteiger partial charge in [-0.25, -0.2) is 4.99 Å². The highest BCUT2D eigenvalue weighted by Gasteiger charge is 2.21. The Labute approximate surface area is 168 Å². The van der Waals surface area contributed by atoms with Gasteiger partial charge in [-0.2, -0.15) is 8.78 Å². The molecular formula is C19H29BrF2N4O. The normalized spacial score (nSPS) is 16.8. The SMILES string of the molecule is CCNC(=NCc1cc(Br)ccc1OC(F)F)NC1CCN(C(C)C)CC1. The second kappa shape index (κ2) is 10.8. The minimum absolute atomic E-state index is 0.151. The van der Waals surface area contributed by atoms with Crippen molar-refractivity contribution in [3.05, 3.63) is 28.2 Å². The molecule has 1 aromatic rings. The lowest BCUT2D eigenvalue weighted by Gasteiger charge is -2.35. The summed E-state index contributed by atoms with van der Waals surface area (Å²) in [6.07, 6.45) is 2.11. The summed E-state index contributed by atoms with van der Waals surface area (Å²) >= 11 is 3.37. The molecule has 1 aromatic carbocycles. The molecule has 0 atom stereocenters. The lowest BCUT2D eigenvalue weighted by Crippen LogP contribution is -2.49. The van der Waals surface area contributed by atoms with E-state index < -0.39 is 6.61 Å². The Kier molecular flexibility index (Phi) is 8.76. The third-order valence-corrected chi connectivity index (χ3v) is 5.08. The van der Waals surface area contributed by atoms with Crippen LogP contribution in [0.25, 0.3) is 0 Å². The molecule has 152 valence electrons. The van der Waals surface area contributed by atoms with Gasteiger partial charge in [-0.15, -0.1) is 0 Å². The van der Waals surface area contributed by atoms with Gasteiger partial charge in [0.25, 0.3) is 0 Å². The van der Waals surface area contributed by atoms with Crippen LogP contribution in [-0.4, -0.2) is 49.2 Å². The Balaban J connectivity index is 2.02. The Bertz CT molecular complexity index is 620. The molecule has 1 aliphatic rings. The first-order chi connectivity index (χ1) is 12.9. The molecule has 1 saturated heterocycles. The number of halogens is 3. The molecule has 0 saturated carbocycles. The van der Waals surface area contributed by atoms with E-state index in [1.165, 1.54) is 6.07 Å². The van der Waals surface area contributed by atoms with Crippen LogP contribution in [0.15, 0.2) is 27.7 Å². The quantitative estimate of drug-likeness (QED) is 0.491. The van der Waals surface area contributed by atoms with E-state index in [4.69, 9.17) is 0 Å². The molecule has 1 aliphatic heterocycles. The monoisotopic (exact) mass is 446 g/mol. The van der Waals surface area contributed by atoms with E-state index in [0.29, 0.717) is 23.6 Å². The van der Waals surface area contributed by atoms with E-state index in [1.807, 2.05) is 6.92 Å². The van der Waals surface area contributed by atoms with Gasteiger partial charge < -0.3 is 20.3 Å². The van der Waals surface area contributed by atoms with Gasteiger partial charge in [-0.05, 0) is 51.8 Å². The topological polar surface area (TPSA) is 48.9 Å². The fourth-order valence-electron chi connectivity index (χ4n) is 3.12. The van der Waals surface area contributed by atoms with Crippen molar-refractivity contribution in [2.75, 3.05) is 19.6 Å². The van der Waals surface area contributed by atoms with E-state index in [1.54, 1.807) is 12.1 Å². The van der Waals surface area contributed by atoms with Crippen molar-refractivity contribution in [3.8, 4) is 5.75 Å². The molecule has 0 bridgehead atoms. The first-order valence-corrected chi connectivity index (χ1v) is 10.2.